The molecule has 3 aromatic rings. The summed E-state index contributed by atoms with van der Waals surface area (Å²) in [7, 11) is 6.37. The molecule has 5 atom stereocenters. The Morgan fingerprint density at radius 2 is 1.38 bits per heavy atom. The molecule has 0 amide bonds. The molecule has 2 N–H and O–H groups in total. The van der Waals surface area contributed by atoms with Gasteiger partial charge in [0.2, 0.25) is 0 Å². The summed E-state index contributed by atoms with van der Waals surface area (Å²) in [6, 6.07) is 11.0. The summed E-state index contributed by atoms with van der Waals surface area (Å²) in [5, 5.41) is 34.7. The molecule has 0 unspecified atom stereocenters. The van der Waals surface area contributed by atoms with E-state index in [2.05, 4.69) is 34.6 Å². The largest absolute Gasteiger partial charge is 0.504 e. The molecule has 0 aromatic heterocycles. The summed E-state index contributed by atoms with van der Waals surface area (Å²) < 4.78 is 23.5. The van der Waals surface area contributed by atoms with Gasteiger partial charge in [0.15, 0.2) is 23.0 Å². The van der Waals surface area contributed by atoms with Crippen LogP contribution in [-0.2, 0) is 19.3 Å². The Morgan fingerprint density at radius 1 is 0.844 bits per heavy atom. The van der Waals surface area contributed by atoms with E-state index < -0.39 is 6.04 Å². The average Bonchev–Trinajstić information content (AvgIpc) is 3.03. The number of piperazine rings is 1. The standard InChI is InChI=1S/C36H41N3O6/c1-8-14-38-24-16-23-29(32(41)36(45-7)20(3)34(23)43-5)30(38)26-17-22-28(31(40)35(44-6)19(2)33(22)42-4)25(39(26)27(24)18-37)15-21-12-10-9-11-13-21/h8-13,24-27,30,40-41H,1,14-17H2,2-7H3/t24-,25-,26-,27-,30-/m0/s1. The maximum absolute atomic E-state index is 11.9. The molecule has 0 radical (unpaired) electrons. The highest BCUT2D eigenvalue weighted by atomic mass is 16.5. The second-order valence-corrected chi connectivity index (χ2v) is 12.1. The number of phenolic OH excluding ortho intramolecular Hbond substituents is 2. The Labute approximate surface area is 264 Å². The fourth-order valence-corrected chi connectivity index (χ4v) is 8.49. The van der Waals surface area contributed by atoms with Crippen molar-refractivity contribution in [2.24, 2.45) is 0 Å². The Bertz CT molecular complexity index is 1680. The minimum Gasteiger partial charge on any atom is -0.504 e. The van der Waals surface area contributed by atoms with Crippen molar-refractivity contribution in [3.63, 3.8) is 0 Å². The van der Waals surface area contributed by atoms with E-state index in [0.29, 0.717) is 59.9 Å². The van der Waals surface area contributed by atoms with Gasteiger partial charge in [-0.3, -0.25) is 9.80 Å². The Hall–Kier alpha value is -4.39. The molecule has 3 aliphatic heterocycles. The van der Waals surface area contributed by atoms with Gasteiger partial charge in [-0.15, -0.1) is 6.58 Å². The smallest absolute Gasteiger partial charge is 0.167 e. The predicted octanol–water partition coefficient (Wildman–Crippen LogP) is 5.32. The van der Waals surface area contributed by atoms with Gasteiger partial charge in [-0.25, -0.2) is 0 Å². The molecule has 1 saturated heterocycles. The van der Waals surface area contributed by atoms with E-state index in [0.717, 1.165) is 27.8 Å². The molecule has 45 heavy (non-hydrogen) atoms. The van der Waals surface area contributed by atoms with Crippen LogP contribution in [0.2, 0.25) is 0 Å². The number of benzene rings is 3. The van der Waals surface area contributed by atoms with Crippen LogP contribution in [0.25, 0.3) is 0 Å². The van der Waals surface area contributed by atoms with Crippen molar-refractivity contribution in [3.8, 4) is 40.6 Å². The second-order valence-electron chi connectivity index (χ2n) is 12.1. The topological polar surface area (TPSA) is 108 Å². The highest BCUT2D eigenvalue weighted by Crippen LogP contribution is 2.59. The quantitative estimate of drug-likeness (QED) is 0.327. The van der Waals surface area contributed by atoms with Crippen LogP contribution in [0.1, 0.15) is 51.0 Å². The summed E-state index contributed by atoms with van der Waals surface area (Å²) in [4.78, 5) is 4.57. The Morgan fingerprint density at radius 3 is 1.91 bits per heavy atom. The lowest BCUT2D eigenvalue weighted by atomic mass is 9.70. The number of nitrogens with zero attached hydrogens (tertiary/aromatic N) is 3. The molecule has 0 spiro atoms. The van der Waals surface area contributed by atoms with Crippen molar-refractivity contribution in [2.75, 3.05) is 35.0 Å². The second kappa shape index (κ2) is 11.8. The molecule has 3 heterocycles. The molecule has 9 heteroatoms. The zero-order valence-electron chi connectivity index (χ0n) is 26.8. The van der Waals surface area contributed by atoms with Gasteiger partial charge in [-0.05, 0) is 38.7 Å². The number of hydrogen-bond donors (Lipinski definition) is 2. The predicted molar refractivity (Wildman–Crippen MR) is 171 cm³/mol. The van der Waals surface area contributed by atoms with Gasteiger partial charge in [0.1, 0.15) is 17.5 Å². The summed E-state index contributed by atoms with van der Waals surface area (Å²) in [5.74, 6) is 2.24. The lowest BCUT2D eigenvalue weighted by Crippen LogP contribution is -2.69. The number of ether oxygens (including phenoxy) is 4. The number of rotatable bonds is 8. The Balaban J connectivity index is 1.68. The molecular formula is C36H41N3O6. The summed E-state index contributed by atoms with van der Waals surface area (Å²) in [6.45, 7) is 8.35. The number of fused-ring (bicyclic) bond motifs is 7. The van der Waals surface area contributed by atoms with E-state index in [-0.39, 0.29) is 35.7 Å². The first-order chi connectivity index (χ1) is 21.8. The molecule has 1 fully saturated rings. The molecule has 236 valence electrons. The normalized spacial score (nSPS) is 23.6. The molecule has 3 aromatic carbocycles. The van der Waals surface area contributed by atoms with Crippen LogP contribution in [-0.4, -0.2) is 73.1 Å². The highest BCUT2D eigenvalue weighted by Gasteiger charge is 2.57. The van der Waals surface area contributed by atoms with Crippen LogP contribution in [0.15, 0.2) is 43.0 Å². The fraction of sp³-hybridized carbons (Fsp3) is 0.417. The van der Waals surface area contributed by atoms with Crippen LogP contribution in [0.5, 0.6) is 34.5 Å². The molecule has 2 bridgehead atoms. The summed E-state index contributed by atoms with van der Waals surface area (Å²) >= 11 is 0. The van der Waals surface area contributed by atoms with Crippen molar-refractivity contribution in [1.82, 2.24) is 9.80 Å². The molecule has 3 aliphatic rings. The van der Waals surface area contributed by atoms with E-state index in [4.69, 9.17) is 18.9 Å². The lowest BCUT2D eigenvalue weighted by Gasteiger charge is -2.60. The van der Waals surface area contributed by atoms with Gasteiger partial charge in [-0.2, -0.15) is 5.26 Å². The minimum atomic E-state index is -0.548. The molecule has 0 aliphatic carbocycles. The van der Waals surface area contributed by atoms with E-state index in [9.17, 15) is 15.5 Å². The zero-order valence-corrected chi connectivity index (χ0v) is 26.8. The maximum atomic E-state index is 11.9. The molecule has 9 nitrogen and oxygen atoms in total. The number of phenols is 2. The van der Waals surface area contributed by atoms with Crippen LogP contribution < -0.4 is 18.9 Å². The van der Waals surface area contributed by atoms with Gasteiger partial charge in [-0.1, -0.05) is 36.4 Å². The van der Waals surface area contributed by atoms with Crippen molar-refractivity contribution >= 4 is 0 Å². The Kier molecular flexibility index (Phi) is 8.06. The van der Waals surface area contributed by atoms with Gasteiger partial charge in [0.05, 0.1) is 40.6 Å². The monoisotopic (exact) mass is 611 g/mol. The van der Waals surface area contributed by atoms with Crippen molar-refractivity contribution in [1.29, 1.82) is 5.26 Å². The van der Waals surface area contributed by atoms with Gasteiger partial charge in [0, 0.05) is 58.1 Å². The van der Waals surface area contributed by atoms with E-state index >= 15 is 0 Å². The van der Waals surface area contributed by atoms with Gasteiger partial charge >= 0.3 is 0 Å². The summed E-state index contributed by atoms with van der Waals surface area (Å²) in [5.41, 5.74) is 5.74. The molecular weight excluding hydrogens is 570 g/mol. The zero-order chi connectivity index (χ0) is 32.2. The van der Waals surface area contributed by atoms with Crippen molar-refractivity contribution in [2.45, 2.75) is 63.3 Å². The van der Waals surface area contributed by atoms with Gasteiger partial charge in [0.25, 0.3) is 0 Å². The van der Waals surface area contributed by atoms with Crippen LogP contribution in [0.3, 0.4) is 0 Å². The number of nitriles is 1. The first kappa shape index (κ1) is 30.6. The van der Waals surface area contributed by atoms with E-state index in [1.807, 2.05) is 38.1 Å². The van der Waals surface area contributed by atoms with Crippen molar-refractivity contribution < 1.29 is 29.2 Å². The van der Waals surface area contributed by atoms with Crippen LogP contribution in [0.4, 0.5) is 0 Å². The third-order valence-electron chi connectivity index (χ3n) is 10.1. The van der Waals surface area contributed by atoms with E-state index in [1.54, 1.807) is 28.4 Å². The third-order valence-corrected chi connectivity index (χ3v) is 10.1. The first-order valence-corrected chi connectivity index (χ1v) is 15.3. The number of aromatic hydroxyl groups is 2. The first-order valence-electron chi connectivity index (χ1n) is 15.3. The SMILES string of the molecule is C=CCN1[C@@H]2c3c(O)c(OC)c(C)c(OC)c3C[C@H]1[C@H](C#N)N1[C@@H](Cc3ccccc3)c3c(O)c(OC)c(C)c(OC)c3C[C@@H]21. The lowest BCUT2D eigenvalue weighted by molar-refractivity contribution is -0.0800. The minimum absolute atomic E-state index is 0.0720. The molecule has 0 saturated carbocycles. The van der Waals surface area contributed by atoms with Crippen LogP contribution >= 0.6 is 0 Å². The maximum Gasteiger partial charge on any atom is 0.167 e. The van der Waals surface area contributed by atoms with E-state index in [1.165, 1.54) is 0 Å². The van der Waals surface area contributed by atoms with Crippen molar-refractivity contribution in [3.05, 3.63) is 81.9 Å². The highest BCUT2D eigenvalue weighted by molar-refractivity contribution is 5.67. The molecule has 6 rings (SSSR count). The number of hydrogen-bond acceptors (Lipinski definition) is 9. The third kappa shape index (κ3) is 4.42. The number of methoxy groups -OCH3 is 4. The summed E-state index contributed by atoms with van der Waals surface area (Å²) in [6.07, 6.45) is 3.35. The fourth-order valence-electron chi connectivity index (χ4n) is 8.49. The van der Waals surface area contributed by atoms with Crippen LogP contribution in [0, 0.1) is 25.2 Å². The van der Waals surface area contributed by atoms with Gasteiger partial charge < -0.3 is 29.2 Å². The average molecular weight is 612 g/mol.